The summed E-state index contributed by atoms with van der Waals surface area (Å²) in [4.78, 5) is 22.3. The van der Waals surface area contributed by atoms with E-state index in [0.29, 0.717) is 53.7 Å². The minimum Gasteiger partial charge on any atom is -0.495 e. The second-order valence-corrected chi connectivity index (χ2v) is 7.32. The predicted octanol–water partition coefficient (Wildman–Crippen LogP) is 3.09. The Bertz CT molecular complexity index is 1170. The first kappa shape index (κ1) is 20.5. The number of aromatic nitrogens is 2. The molecule has 0 radical (unpaired) electrons. The first-order chi connectivity index (χ1) is 15.0. The van der Waals surface area contributed by atoms with Crippen LogP contribution >= 0.6 is 0 Å². The van der Waals surface area contributed by atoms with E-state index in [1.165, 1.54) is 0 Å². The highest BCUT2D eigenvalue weighted by molar-refractivity contribution is 5.97. The third-order valence-corrected chi connectivity index (χ3v) is 5.27. The summed E-state index contributed by atoms with van der Waals surface area (Å²) in [5, 5.41) is 16.4. The van der Waals surface area contributed by atoms with Crippen molar-refractivity contribution in [1.82, 2.24) is 14.9 Å². The second kappa shape index (κ2) is 8.53. The maximum atomic E-state index is 12.9. The third kappa shape index (κ3) is 3.98. The number of ether oxygens (including phenoxy) is 2. The molecule has 2 aromatic heterocycles. The number of methoxy groups -OCH3 is 1. The van der Waals surface area contributed by atoms with Crippen molar-refractivity contribution in [2.24, 2.45) is 0 Å². The number of nitrogens with one attached hydrogen (secondary N) is 3. The summed E-state index contributed by atoms with van der Waals surface area (Å²) in [6.45, 7) is 3.64. The predicted molar refractivity (Wildman–Crippen MR) is 118 cm³/mol. The van der Waals surface area contributed by atoms with Crippen LogP contribution in [-0.2, 0) is 4.74 Å². The van der Waals surface area contributed by atoms with Crippen LogP contribution < -0.4 is 15.4 Å². The van der Waals surface area contributed by atoms with Crippen LogP contribution in [0.4, 0.5) is 17.2 Å². The Kier molecular flexibility index (Phi) is 5.64. The van der Waals surface area contributed by atoms with Crippen molar-refractivity contribution in [3.63, 3.8) is 0 Å². The number of fused-ring (bicyclic) bond motifs is 1. The largest absolute Gasteiger partial charge is 0.495 e. The molecule has 3 heterocycles. The van der Waals surface area contributed by atoms with E-state index in [9.17, 15) is 10.1 Å². The summed E-state index contributed by atoms with van der Waals surface area (Å²) in [6, 6.07) is 9.29. The fraction of sp³-hybridized carbons (Fsp3) is 0.318. The average molecular weight is 420 g/mol. The van der Waals surface area contributed by atoms with Gasteiger partial charge in [-0.3, -0.25) is 4.79 Å². The van der Waals surface area contributed by atoms with Gasteiger partial charge >= 0.3 is 0 Å². The molecule has 0 spiro atoms. The summed E-state index contributed by atoms with van der Waals surface area (Å²) in [6.07, 6.45) is 1.66. The number of amides is 1. The molecule has 0 bridgehead atoms. The number of carbonyl (C=O) groups is 1. The monoisotopic (exact) mass is 420 g/mol. The molecule has 3 N–H and O–H groups in total. The lowest BCUT2D eigenvalue weighted by molar-refractivity contribution is -0.0124. The molecule has 4 rings (SSSR count). The first-order valence-corrected chi connectivity index (χ1v) is 10.00. The summed E-state index contributed by atoms with van der Waals surface area (Å²) < 4.78 is 11.1. The molecule has 1 aliphatic heterocycles. The van der Waals surface area contributed by atoms with Crippen molar-refractivity contribution >= 4 is 34.1 Å². The maximum absolute atomic E-state index is 12.9. The molecular weight excluding hydrogens is 396 g/mol. The van der Waals surface area contributed by atoms with E-state index in [-0.39, 0.29) is 12.0 Å². The van der Waals surface area contributed by atoms with Crippen LogP contribution in [0.3, 0.4) is 0 Å². The summed E-state index contributed by atoms with van der Waals surface area (Å²) in [5.74, 6) is 1.05. The fourth-order valence-electron chi connectivity index (χ4n) is 3.74. The van der Waals surface area contributed by atoms with Gasteiger partial charge in [0, 0.05) is 43.7 Å². The Labute approximate surface area is 180 Å². The molecule has 1 fully saturated rings. The smallest absolute Gasteiger partial charge is 0.254 e. The number of rotatable bonds is 5. The minimum atomic E-state index is -0.0487. The Morgan fingerprint density at radius 3 is 2.94 bits per heavy atom. The van der Waals surface area contributed by atoms with Crippen LogP contribution in [0.5, 0.6) is 5.75 Å². The molecule has 1 saturated heterocycles. The van der Waals surface area contributed by atoms with E-state index in [0.717, 1.165) is 11.1 Å². The van der Waals surface area contributed by atoms with E-state index in [2.05, 4.69) is 26.7 Å². The third-order valence-electron chi connectivity index (χ3n) is 5.27. The van der Waals surface area contributed by atoms with Gasteiger partial charge in [0.2, 0.25) is 0 Å². The second-order valence-electron chi connectivity index (χ2n) is 7.32. The van der Waals surface area contributed by atoms with Crippen LogP contribution in [0.2, 0.25) is 0 Å². The van der Waals surface area contributed by atoms with Gasteiger partial charge in [-0.15, -0.1) is 0 Å². The lowest BCUT2D eigenvalue weighted by Crippen LogP contribution is -2.44. The normalized spacial score (nSPS) is 16.1. The summed E-state index contributed by atoms with van der Waals surface area (Å²) >= 11 is 0. The molecule has 160 valence electrons. The first-order valence-electron chi connectivity index (χ1n) is 10.00. The van der Waals surface area contributed by atoms with Crippen molar-refractivity contribution < 1.29 is 14.3 Å². The average Bonchev–Trinajstić information content (AvgIpc) is 3.21. The molecule has 9 heteroatoms. The van der Waals surface area contributed by atoms with Crippen molar-refractivity contribution in [3.05, 3.63) is 41.6 Å². The van der Waals surface area contributed by atoms with Gasteiger partial charge in [0.25, 0.3) is 5.91 Å². The Morgan fingerprint density at radius 2 is 2.23 bits per heavy atom. The zero-order valence-electron chi connectivity index (χ0n) is 17.7. The maximum Gasteiger partial charge on any atom is 0.254 e. The molecule has 1 aliphatic rings. The molecule has 1 amide bonds. The van der Waals surface area contributed by atoms with Gasteiger partial charge in [0.15, 0.2) is 0 Å². The van der Waals surface area contributed by atoms with Gasteiger partial charge in [-0.1, -0.05) is 0 Å². The Hall–Kier alpha value is -3.77. The number of hydrogen-bond acceptors (Lipinski definition) is 7. The van der Waals surface area contributed by atoms with Crippen LogP contribution in [-0.4, -0.2) is 60.7 Å². The molecule has 31 heavy (non-hydrogen) atoms. The topological polar surface area (TPSA) is 115 Å². The number of carbonyl (C=O) groups excluding carboxylic acids is 1. The number of H-pyrrole nitrogens is 1. The molecule has 0 aliphatic carbocycles. The van der Waals surface area contributed by atoms with Crippen LogP contribution in [0.25, 0.3) is 11.0 Å². The highest BCUT2D eigenvalue weighted by Gasteiger charge is 2.23. The van der Waals surface area contributed by atoms with Crippen molar-refractivity contribution in [1.29, 1.82) is 5.26 Å². The summed E-state index contributed by atoms with van der Waals surface area (Å²) in [7, 11) is 3.35. The number of hydrogen-bond donors (Lipinski definition) is 3. The molecule has 9 nitrogen and oxygen atoms in total. The lowest BCUT2D eigenvalue weighted by atomic mass is 10.1. The highest BCUT2D eigenvalue weighted by Crippen LogP contribution is 2.32. The minimum absolute atomic E-state index is 0.0254. The van der Waals surface area contributed by atoms with Crippen LogP contribution in [0, 0.1) is 11.3 Å². The van der Waals surface area contributed by atoms with E-state index < -0.39 is 0 Å². The molecule has 0 saturated carbocycles. The van der Waals surface area contributed by atoms with Crippen LogP contribution in [0.1, 0.15) is 22.8 Å². The molecule has 1 atom stereocenters. The number of pyridine rings is 1. The van der Waals surface area contributed by atoms with Crippen molar-refractivity contribution in [3.8, 4) is 11.8 Å². The Morgan fingerprint density at radius 1 is 1.39 bits per heavy atom. The fourth-order valence-corrected chi connectivity index (χ4v) is 3.74. The standard InChI is InChI=1S/C22H24N6O3/c1-13-12-28(6-7-31-13)22(29)14-4-5-16(18(8-14)30-3)26-19-9-17(24-2)20-15(10-23)11-25-21(20)27-19/h4-5,8-9,11,13H,6-7,12H2,1-3H3,(H3,24,25,26,27). The number of nitrogens with zero attached hydrogens (tertiary/aromatic N) is 3. The number of anilines is 3. The zero-order chi connectivity index (χ0) is 22.0. The van der Waals surface area contributed by atoms with E-state index in [4.69, 9.17) is 9.47 Å². The van der Waals surface area contributed by atoms with Gasteiger partial charge in [0.1, 0.15) is 23.3 Å². The number of aromatic amines is 1. The quantitative estimate of drug-likeness (QED) is 0.581. The molecular formula is C22H24N6O3. The van der Waals surface area contributed by atoms with E-state index in [1.54, 1.807) is 43.5 Å². The highest BCUT2D eigenvalue weighted by atomic mass is 16.5. The zero-order valence-corrected chi connectivity index (χ0v) is 17.7. The molecule has 1 aromatic carbocycles. The number of nitriles is 1. The van der Waals surface area contributed by atoms with Gasteiger partial charge < -0.3 is 30.0 Å². The number of morpholine rings is 1. The van der Waals surface area contributed by atoms with Gasteiger partial charge in [-0.2, -0.15) is 5.26 Å². The number of benzene rings is 1. The van der Waals surface area contributed by atoms with Crippen molar-refractivity contribution in [2.45, 2.75) is 13.0 Å². The lowest BCUT2D eigenvalue weighted by Gasteiger charge is -2.31. The molecule has 1 unspecified atom stereocenters. The van der Waals surface area contributed by atoms with E-state index >= 15 is 0 Å². The van der Waals surface area contributed by atoms with E-state index in [1.807, 2.05) is 13.0 Å². The van der Waals surface area contributed by atoms with Gasteiger partial charge in [0.05, 0.1) is 36.5 Å². The SMILES string of the molecule is CNc1cc(Nc2ccc(C(=O)N3CCOC(C)C3)cc2OC)nc2[nH]cc(C#N)c12. The Balaban J connectivity index is 1.62. The molecule has 3 aromatic rings. The van der Waals surface area contributed by atoms with Crippen LogP contribution in [0.15, 0.2) is 30.5 Å². The van der Waals surface area contributed by atoms with Gasteiger partial charge in [-0.05, 0) is 25.1 Å². The summed E-state index contributed by atoms with van der Waals surface area (Å²) in [5.41, 5.74) is 3.13. The van der Waals surface area contributed by atoms with Crippen molar-refractivity contribution in [2.75, 3.05) is 44.5 Å². The van der Waals surface area contributed by atoms with Gasteiger partial charge in [-0.25, -0.2) is 4.98 Å².